The van der Waals surface area contributed by atoms with E-state index in [0.717, 1.165) is 25.9 Å². The van der Waals surface area contributed by atoms with Crippen LogP contribution in [0, 0.1) is 0 Å². The van der Waals surface area contributed by atoms with Crippen LogP contribution in [0.2, 0.25) is 0 Å². The van der Waals surface area contributed by atoms with E-state index in [1.54, 1.807) is 6.92 Å². The molecule has 0 atom stereocenters. The Morgan fingerprint density at radius 1 is 1.33 bits per heavy atom. The molecular weight excluding hydrogens is 152 g/mol. The summed E-state index contributed by atoms with van der Waals surface area (Å²) in [5.41, 5.74) is 5.36. The maximum Gasteiger partial charge on any atom is 0.143 e. The van der Waals surface area contributed by atoms with Crippen LogP contribution in [0.15, 0.2) is 0 Å². The van der Waals surface area contributed by atoms with Crippen LogP contribution in [0.1, 0.15) is 26.2 Å². The number of ketones is 1. The van der Waals surface area contributed by atoms with E-state index >= 15 is 0 Å². The van der Waals surface area contributed by atoms with E-state index in [1.807, 2.05) is 7.05 Å². The van der Waals surface area contributed by atoms with Gasteiger partial charge in [0.05, 0.1) is 6.54 Å². The van der Waals surface area contributed by atoms with Crippen molar-refractivity contribution in [2.45, 2.75) is 26.2 Å². The number of Topliss-reactive ketones (excluding diaryl/α,β-unsaturated/α-hetero) is 1. The average molecular weight is 172 g/mol. The molecule has 0 saturated heterocycles. The van der Waals surface area contributed by atoms with Gasteiger partial charge in [-0.15, -0.1) is 0 Å². The van der Waals surface area contributed by atoms with Crippen molar-refractivity contribution in [3.05, 3.63) is 0 Å². The monoisotopic (exact) mass is 172 g/mol. The van der Waals surface area contributed by atoms with Crippen LogP contribution in [0.5, 0.6) is 0 Å². The number of likely N-dealkylation sites (N-methyl/N-ethyl adjacent to an activating group) is 1. The summed E-state index contributed by atoms with van der Waals surface area (Å²) in [5, 5.41) is 0. The van der Waals surface area contributed by atoms with E-state index in [2.05, 4.69) is 4.90 Å². The molecule has 0 heterocycles. The molecule has 0 bridgehead atoms. The lowest BCUT2D eigenvalue weighted by Crippen LogP contribution is -2.25. The highest BCUT2D eigenvalue weighted by molar-refractivity contribution is 5.77. The number of hydrogen-bond donors (Lipinski definition) is 1. The van der Waals surface area contributed by atoms with Gasteiger partial charge in [0.25, 0.3) is 0 Å². The molecule has 0 aliphatic carbocycles. The van der Waals surface area contributed by atoms with Crippen LogP contribution in [-0.4, -0.2) is 37.4 Å². The number of unbranched alkanes of at least 4 members (excludes halogenated alkanes) is 2. The molecule has 0 aromatic carbocycles. The van der Waals surface area contributed by atoms with Gasteiger partial charge in [0.2, 0.25) is 0 Å². The van der Waals surface area contributed by atoms with Crippen LogP contribution in [0.25, 0.3) is 0 Å². The number of carbonyl (C=O) groups excluding carboxylic acids is 1. The summed E-state index contributed by atoms with van der Waals surface area (Å²) < 4.78 is 0. The topological polar surface area (TPSA) is 46.3 Å². The zero-order valence-corrected chi connectivity index (χ0v) is 8.18. The van der Waals surface area contributed by atoms with Gasteiger partial charge in [-0.2, -0.15) is 0 Å². The van der Waals surface area contributed by atoms with Gasteiger partial charge in [-0.1, -0.05) is 6.42 Å². The number of nitrogens with zero attached hydrogens (tertiary/aromatic N) is 1. The average Bonchev–Trinajstić information content (AvgIpc) is 1.97. The molecule has 2 N–H and O–H groups in total. The van der Waals surface area contributed by atoms with Crippen LogP contribution < -0.4 is 5.73 Å². The number of nitrogens with two attached hydrogens (primary N) is 1. The summed E-state index contributed by atoms with van der Waals surface area (Å²) in [6.45, 7) is 3.97. The fourth-order valence-electron chi connectivity index (χ4n) is 1.16. The van der Waals surface area contributed by atoms with E-state index in [0.29, 0.717) is 6.54 Å². The van der Waals surface area contributed by atoms with Crippen molar-refractivity contribution in [2.75, 3.05) is 26.7 Å². The standard InChI is InChI=1S/C9H20N2O/c1-9(12)8-11(2)7-5-3-4-6-10/h3-8,10H2,1-2H3. The number of hydrogen-bond acceptors (Lipinski definition) is 3. The van der Waals surface area contributed by atoms with Gasteiger partial charge in [0.15, 0.2) is 0 Å². The smallest absolute Gasteiger partial charge is 0.143 e. The molecule has 0 aromatic rings. The molecule has 72 valence electrons. The van der Waals surface area contributed by atoms with Crippen molar-refractivity contribution in [3.8, 4) is 0 Å². The third-order valence-corrected chi connectivity index (χ3v) is 1.74. The van der Waals surface area contributed by atoms with E-state index in [4.69, 9.17) is 5.73 Å². The van der Waals surface area contributed by atoms with Crippen molar-refractivity contribution in [1.82, 2.24) is 4.90 Å². The molecule has 0 unspecified atom stereocenters. The Balaban J connectivity index is 3.19. The molecule has 0 aliphatic heterocycles. The normalized spacial score (nSPS) is 10.7. The minimum absolute atomic E-state index is 0.233. The fourth-order valence-corrected chi connectivity index (χ4v) is 1.16. The lowest BCUT2D eigenvalue weighted by Gasteiger charge is -2.13. The largest absolute Gasteiger partial charge is 0.330 e. The van der Waals surface area contributed by atoms with Crippen molar-refractivity contribution in [1.29, 1.82) is 0 Å². The Labute approximate surface area is 74.9 Å². The lowest BCUT2D eigenvalue weighted by atomic mass is 10.2. The summed E-state index contributed by atoms with van der Waals surface area (Å²) in [4.78, 5) is 12.7. The molecule has 0 saturated carbocycles. The molecule has 0 radical (unpaired) electrons. The second-order valence-corrected chi connectivity index (χ2v) is 3.29. The molecule has 0 amide bonds. The van der Waals surface area contributed by atoms with Crippen molar-refractivity contribution < 1.29 is 4.79 Å². The molecule has 0 rings (SSSR count). The first-order chi connectivity index (χ1) is 5.66. The second-order valence-electron chi connectivity index (χ2n) is 3.29. The Kier molecular flexibility index (Phi) is 7.00. The summed E-state index contributed by atoms with van der Waals surface area (Å²) in [5.74, 6) is 0.233. The van der Waals surface area contributed by atoms with Crippen molar-refractivity contribution in [3.63, 3.8) is 0 Å². The van der Waals surface area contributed by atoms with Gasteiger partial charge < -0.3 is 5.73 Å². The first-order valence-corrected chi connectivity index (χ1v) is 4.55. The van der Waals surface area contributed by atoms with Gasteiger partial charge in [0.1, 0.15) is 5.78 Å². The first kappa shape index (κ1) is 11.6. The van der Waals surface area contributed by atoms with Crippen molar-refractivity contribution >= 4 is 5.78 Å². The highest BCUT2D eigenvalue weighted by Gasteiger charge is 2.00. The van der Waals surface area contributed by atoms with Crippen molar-refractivity contribution in [2.24, 2.45) is 5.73 Å². The predicted molar refractivity (Wildman–Crippen MR) is 51.1 cm³/mol. The number of rotatable bonds is 7. The fraction of sp³-hybridized carbons (Fsp3) is 0.889. The first-order valence-electron chi connectivity index (χ1n) is 4.55. The molecular formula is C9H20N2O. The Bertz CT molecular complexity index is 126. The summed E-state index contributed by atoms with van der Waals surface area (Å²) in [6, 6.07) is 0. The molecule has 0 aliphatic rings. The second kappa shape index (κ2) is 7.25. The number of carbonyl (C=O) groups is 1. The van der Waals surface area contributed by atoms with Gasteiger partial charge in [-0.05, 0) is 39.9 Å². The van der Waals surface area contributed by atoms with E-state index in [-0.39, 0.29) is 5.78 Å². The third kappa shape index (κ3) is 7.69. The van der Waals surface area contributed by atoms with E-state index in [9.17, 15) is 4.79 Å². The third-order valence-electron chi connectivity index (χ3n) is 1.74. The van der Waals surface area contributed by atoms with Crippen LogP contribution >= 0.6 is 0 Å². The van der Waals surface area contributed by atoms with E-state index in [1.165, 1.54) is 6.42 Å². The highest BCUT2D eigenvalue weighted by Crippen LogP contribution is 1.95. The molecule has 12 heavy (non-hydrogen) atoms. The Morgan fingerprint density at radius 2 is 2.00 bits per heavy atom. The quantitative estimate of drug-likeness (QED) is 0.573. The zero-order valence-electron chi connectivity index (χ0n) is 8.18. The maximum atomic E-state index is 10.7. The molecule has 0 fully saturated rings. The molecule has 0 aromatic heterocycles. The van der Waals surface area contributed by atoms with Gasteiger partial charge in [-0.3, -0.25) is 9.69 Å². The van der Waals surface area contributed by atoms with Gasteiger partial charge in [-0.25, -0.2) is 0 Å². The molecule has 3 heteroatoms. The van der Waals surface area contributed by atoms with Crippen LogP contribution in [0.4, 0.5) is 0 Å². The molecule has 3 nitrogen and oxygen atoms in total. The van der Waals surface area contributed by atoms with E-state index < -0.39 is 0 Å². The van der Waals surface area contributed by atoms with Gasteiger partial charge >= 0.3 is 0 Å². The minimum atomic E-state index is 0.233. The highest BCUT2D eigenvalue weighted by atomic mass is 16.1. The zero-order chi connectivity index (χ0) is 9.40. The predicted octanol–water partition coefficient (Wildman–Crippen LogP) is 0.636. The van der Waals surface area contributed by atoms with Crippen LogP contribution in [0.3, 0.4) is 0 Å². The summed E-state index contributed by atoms with van der Waals surface area (Å²) >= 11 is 0. The SMILES string of the molecule is CC(=O)CN(C)CCCCCN. The Hall–Kier alpha value is -0.410. The van der Waals surface area contributed by atoms with Gasteiger partial charge in [0, 0.05) is 0 Å². The summed E-state index contributed by atoms with van der Waals surface area (Å²) in [7, 11) is 1.98. The molecule has 0 spiro atoms. The maximum absolute atomic E-state index is 10.7. The summed E-state index contributed by atoms with van der Waals surface area (Å²) in [6.07, 6.45) is 3.40. The minimum Gasteiger partial charge on any atom is -0.330 e. The van der Waals surface area contributed by atoms with Crippen LogP contribution in [-0.2, 0) is 4.79 Å². The lowest BCUT2D eigenvalue weighted by molar-refractivity contribution is -0.117. The Morgan fingerprint density at radius 3 is 2.50 bits per heavy atom.